The fourth-order valence-corrected chi connectivity index (χ4v) is 2.47. The molecular formula is C16H26FN3. The summed E-state index contributed by atoms with van der Waals surface area (Å²) >= 11 is 0. The van der Waals surface area contributed by atoms with Crippen molar-refractivity contribution in [2.75, 3.05) is 18.0 Å². The quantitative estimate of drug-likeness (QED) is 0.919. The first-order valence-electron chi connectivity index (χ1n) is 7.49. The number of halogens is 1. The zero-order valence-electron chi connectivity index (χ0n) is 13.0. The molecule has 20 heavy (non-hydrogen) atoms. The molecule has 2 rings (SSSR count). The Morgan fingerprint density at radius 2 is 2.00 bits per heavy atom. The molecule has 1 aromatic rings. The largest absolute Gasteiger partial charge is 0.356 e. The van der Waals surface area contributed by atoms with Crippen LogP contribution in [0.3, 0.4) is 0 Å². The Morgan fingerprint density at radius 3 is 2.60 bits per heavy atom. The lowest BCUT2D eigenvalue weighted by Crippen LogP contribution is -2.37. The van der Waals surface area contributed by atoms with Crippen molar-refractivity contribution < 1.29 is 4.39 Å². The van der Waals surface area contributed by atoms with Crippen molar-refractivity contribution in [1.29, 1.82) is 0 Å². The molecule has 0 unspecified atom stereocenters. The molecular weight excluding hydrogens is 253 g/mol. The van der Waals surface area contributed by atoms with Crippen molar-refractivity contribution in [1.82, 2.24) is 10.3 Å². The highest BCUT2D eigenvalue weighted by Gasteiger charge is 2.20. The van der Waals surface area contributed by atoms with E-state index in [1.807, 2.05) is 0 Å². The molecule has 0 amide bonds. The molecule has 112 valence electrons. The first-order chi connectivity index (χ1) is 9.35. The minimum atomic E-state index is -0.259. The van der Waals surface area contributed by atoms with Gasteiger partial charge in [0.1, 0.15) is 11.6 Å². The number of pyridine rings is 1. The van der Waals surface area contributed by atoms with Gasteiger partial charge in [-0.3, -0.25) is 0 Å². The first kappa shape index (κ1) is 15.2. The molecule has 0 aliphatic carbocycles. The van der Waals surface area contributed by atoms with Gasteiger partial charge < -0.3 is 10.2 Å². The summed E-state index contributed by atoms with van der Waals surface area (Å²) in [5.74, 6) is 1.46. The summed E-state index contributed by atoms with van der Waals surface area (Å²) in [5, 5.41) is 3.42. The predicted molar refractivity (Wildman–Crippen MR) is 81.4 cm³/mol. The average Bonchev–Trinajstić information content (AvgIpc) is 2.37. The molecule has 1 aliphatic rings. The molecule has 0 aromatic carbocycles. The summed E-state index contributed by atoms with van der Waals surface area (Å²) in [5.41, 5.74) is 0.967. The van der Waals surface area contributed by atoms with E-state index in [1.165, 1.54) is 19.0 Å². The van der Waals surface area contributed by atoms with Gasteiger partial charge in [-0.05, 0) is 45.6 Å². The highest BCUT2D eigenvalue weighted by atomic mass is 19.1. The fourth-order valence-electron chi connectivity index (χ4n) is 2.47. The number of nitrogens with one attached hydrogen (secondary N) is 1. The fraction of sp³-hybridized carbons (Fsp3) is 0.688. The van der Waals surface area contributed by atoms with Crippen LogP contribution in [-0.2, 0) is 6.54 Å². The summed E-state index contributed by atoms with van der Waals surface area (Å²) in [7, 11) is 0. The van der Waals surface area contributed by atoms with Gasteiger partial charge in [-0.1, -0.05) is 6.92 Å². The molecule has 0 saturated carbocycles. The van der Waals surface area contributed by atoms with E-state index >= 15 is 0 Å². The lowest BCUT2D eigenvalue weighted by atomic mass is 9.99. The Morgan fingerprint density at radius 1 is 1.35 bits per heavy atom. The zero-order chi connectivity index (χ0) is 14.8. The number of piperidine rings is 1. The summed E-state index contributed by atoms with van der Waals surface area (Å²) < 4.78 is 13.5. The maximum atomic E-state index is 13.5. The van der Waals surface area contributed by atoms with Crippen LogP contribution in [0.1, 0.15) is 46.1 Å². The Labute approximate surface area is 121 Å². The number of hydrogen-bond donors (Lipinski definition) is 1. The summed E-state index contributed by atoms with van der Waals surface area (Å²) in [6.45, 7) is 11.3. The molecule has 1 fully saturated rings. The van der Waals surface area contributed by atoms with E-state index in [9.17, 15) is 4.39 Å². The Balaban J connectivity index is 2.15. The van der Waals surface area contributed by atoms with Gasteiger partial charge in [-0.25, -0.2) is 9.37 Å². The third kappa shape index (κ3) is 4.17. The maximum Gasteiger partial charge on any atom is 0.141 e. The van der Waals surface area contributed by atoms with Crippen LogP contribution < -0.4 is 10.2 Å². The van der Waals surface area contributed by atoms with Gasteiger partial charge in [-0.2, -0.15) is 0 Å². The van der Waals surface area contributed by atoms with Crippen LogP contribution >= 0.6 is 0 Å². The molecule has 1 aromatic heterocycles. The second-order valence-electron chi connectivity index (χ2n) is 6.91. The minimum Gasteiger partial charge on any atom is -0.356 e. The minimum absolute atomic E-state index is 0.0139. The van der Waals surface area contributed by atoms with Crippen molar-refractivity contribution in [2.24, 2.45) is 5.92 Å². The van der Waals surface area contributed by atoms with Gasteiger partial charge in [0.25, 0.3) is 0 Å². The van der Waals surface area contributed by atoms with Gasteiger partial charge >= 0.3 is 0 Å². The highest BCUT2D eigenvalue weighted by Crippen LogP contribution is 2.25. The molecule has 2 heterocycles. The van der Waals surface area contributed by atoms with Gasteiger partial charge in [0.15, 0.2) is 0 Å². The van der Waals surface area contributed by atoms with Crippen LogP contribution in [0, 0.1) is 11.7 Å². The summed E-state index contributed by atoms with van der Waals surface area (Å²) in [6.07, 6.45) is 3.70. The molecule has 0 spiro atoms. The van der Waals surface area contributed by atoms with Gasteiger partial charge in [0, 0.05) is 30.7 Å². The molecule has 1 saturated heterocycles. The third-order valence-corrected chi connectivity index (χ3v) is 3.80. The van der Waals surface area contributed by atoms with Crippen molar-refractivity contribution >= 4 is 5.82 Å². The molecule has 1 N–H and O–H groups in total. The van der Waals surface area contributed by atoms with Crippen LogP contribution in [-0.4, -0.2) is 23.6 Å². The normalized spacial score (nSPS) is 17.6. The monoisotopic (exact) mass is 279 g/mol. The van der Waals surface area contributed by atoms with Crippen LogP contribution in [0.2, 0.25) is 0 Å². The standard InChI is InChI=1S/C16H26FN3/c1-12-5-7-20(8-6-12)15-13(9-14(17)11-18-15)10-19-16(2,3)4/h9,11-12,19H,5-8,10H2,1-4H3. The maximum absolute atomic E-state index is 13.5. The molecule has 0 atom stereocenters. The van der Waals surface area contributed by atoms with Crippen molar-refractivity contribution in [3.05, 3.63) is 23.6 Å². The highest BCUT2D eigenvalue weighted by molar-refractivity contribution is 5.47. The van der Waals surface area contributed by atoms with Gasteiger partial charge in [-0.15, -0.1) is 0 Å². The zero-order valence-corrected chi connectivity index (χ0v) is 13.0. The predicted octanol–water partition coefficient (Wildman–Crippen LogP) is 3.35. The first-order valence-corrected chi connectivity index (χ1v) is 7.49. The van der Waals surface area contributed by atoms with Crippen LogP contribution in [0.25, 0.3) is 0 Å². The smallest absolute Gasteiger partial charge is 0.141 e. The third-order valence-electron chi connectivity index (χ3n) is 3.80. The number of nitrogens with zero attached hydrogens (tertiary/aromatic N) is 2. The van der Waals surface area contributed by atoms with Crippen molar-refractivity contribution in [2.45, 2.75) is 52.6 Å². The van der Waals surface area contributed by atoms with E-state index in [4.69, 9.17) is 0 Å². The number of rotatable bonds is 3. The molecule has 4 heteroatoms. The average molecular weight is 279 g/mol. The lowest BCUT2D eigenvalue weighted by molar-refractivity contribution is 0.418. The second-order valence-corrected chi connectivity index (χ2v) is 6.91. The van der Waals surface area contributed by atoms with Gasteiger partial charge in [0.2, 0.25) is 0 Å². The molecule has 0 radical (unpaired) electrons. The SMILES string of the molecule is CC1CCN(c2ncc(F)cc2CNC(C)(C)C)CC1. The van der Waals surface area contributed by atoms with Crippen molar-refractivity contribution in [3.8, 4) is 0 Å². The summed E-state index contributed by atoms with van der Waals surface area (Å²) in [4.78, 5) is 6.63. The summed E-state index contributed by atoms with van der Waals surface area (Å²) in [6, 6.07) is 1.61. The Hall–Kier alpha value is -1.16. The van der Waals surface area contributed by atoms with Crippen LogP contribution in [0.4, 0.5) is 10.2 Å². The van der Waals surface area contributed by atoms with E-state index < -0.39 is 0 Å². The molecule has 3 nitrogen and oxygen atoms in total. The van der Waals surface area contributed by atoms with Crippen LogP contribution in [0.15, 0.2) is 12.3 Å². The van der Waals surface area contributed by atoms with E-state index in [2.05, 4.69) is 42.9 Å². The number of aromatic nitrogens is 1. The topological polar surface area (TPSA) is 28.2 Å². The van der Waals surface area contributed by atoms with Gasteiger partial charge in [0.05, 0.1) is 6.20 Å². The van der Waals surface area contributed by atoms with E-state index in [-0.39, 0.29) is 11.4 Å². The van der Waals surface area contributed by atoms with E-state index in [0.29, 0.717) is 6.54 Å². The number of anilines is 1. The van der Waals surface area contributed by atoms with E-state index in [1.54, 1.807) is 6.07 Å². The van der Waals surface area contributed by atoms with Crippen LogP contribution in [0.5, 0.6) is 0 Å². The Bertz CT molecular complexity index is 446. The molecule has 1 aliphatic heterocycles. The second kappa shape index (κ2) is 6.08. The lowest BCUT2D eigenvalue weighted by Gasteiger charge is -2.33. The molecule has 0 bridgehead atoms. The Kier molecular flexibility index (Phi) is 4.63. The van der Waals surface area contributed by atoms with E-state index in [0.717, 1.165) is 30.4 Å². The number of hydrogen-bond acceptors (Lipinski definition) is 3. The van der Waals surface area contributed by atoms with Crippen molar-refractivity contribution in [3.63, 3.8) is 0 Å².